The molecular formula is C20H26N2O5. The van der Waals surface area contributed by atoms with Gasteiger partial charge in [0.25, 0.3) is 0 Å². The summed E-state index contributed by atoms with van der Waals surface area (Å²) in [6.45, 7) is 4.95. The van der Waals surface area contributed by atoms with Crippen LogP contribution in [0.2, 0.25) is 0 Å². The van der Waals surface area contributed by atoms with Gasteiger partial charge in [-0.15, -0.1) is 0 Å². The van der Waals surface area contributed by atoms with Gasteiger partial charge in [0, 0.05) is 37.9 Å². The third kappa shape index (κ3) is 4.13. The molecule has 0 saturated carbocycles. The number of carbonyl (C=O) groups excluding carboxylic acids is 2. The summed E-state index contributed by atoms with van der Waals surface area (Å²) in [5, 5.41) is 9.25. The van der Waals surface area contributed by atoms with Crippen molar-refractivity contribution in [3.63, 3.8) is 0 Å². The van der Waals surface area contributed by atoms with E-state index in [1.54, 1.807) is 4.90 Å². The summed E-state index contributed by atoms with van der Waals surface area (Å²) in [5.41, 5.74) is 2.93. The zero-order valence-electron chi connectivity index (χ0n) is 15.8. The summed E-state index contributed by atoms with van der Waals surface area (Å²) in [5.74, 6) is -1.89. The van der Waals surface area contributed by atoms with Crippen molar-refractivity contribution in [2.75, 3.05) is 31.2 Å². The van der Waals surface area contributed by atoms with E-state index in [-0.39, 0.29) is 30.8 Å². The molecule has 1 unspecified atom stereocenters. The Morgan fingerprint density at radius 2 is 1.96 bits per heavy atom. The topological polar surface area (TPSA) is 87.2 Å². The Bertz CT molecular complexity index is 742. The van der Waals surface area contributed by atoms with Crippen LogP contribution in [0.3, 0.4) is 0 Å². The van der Waals surface area contributed by atoms with E-state index in [1.165, 1.54) is 4.90 Å². The Labute approximate surface area is 158 Å². The van der Waals surface area contributed by atoms with Gasteiger partial charge in [-0.3, -0.25) is 14.4 Å². The number of carboxylic acids is 1. The average Bonchev–Trinajstić information content (AvgIpc) is 3.03. The normalized spacial score (nSPS) is 20.7. The van der Waals surface area contributed by atoms with Gasteiger partial charge in [0.1, 0.15) is 6.54 Å². The molecule has 7 heteroatoms. The lowest BCUT2D eigenvalue weighted by molar-refractivity contribution is -0.149. The molecule has 2 aliphatic rings. The largest absolute Gasteiger partial charge is 0.480 e. The maximum atomic E-state index is 13.1. The van der Waals surface area contributed by atoms with E-state index in [1.807, 2.05) is 32.0 Å². The van der Waals surface area contributed by atoms with Crippen molar-refractivity contribution in [2.45, 2.75) is 39.2 Å². The number of amides is 2. The molecule has 0 spiro atoms. The first-order chi connectivity index (χ1) is 12.9. The first-order valence-electron chi connectivity index (χ1n) is 9.35. The van der Waals surface area contributed by atoms with Crippen molar-refractivity contribution in [3.8, 4) is 0 Å². The van der Waals surface area contributed by atoms with Crippen LogP contribution in [0.25, 0.3) is 0 Å². The predicted molar refractivity (Wildman–Crippen MR) is 99.6 cm³/mol. The molecular weight excluding hydrogens is 348 g/mol. The standard InChI is InChI=1S/C20H26N2O5/c1-13-4-3-5-17(14(13)2)22-11-15(10-18(22)23)20(26)21(12-19(24)25)16-6-8-27-9-7-16/h3-5,15-16H,6-12H2,1-2H3,(H,24,25). The van der Waals surface area contributed by atoms with E-state index in [0.29, 0.717) is 32.6 Å². The van der Waals surface area contributed by atoms with Crippen molar-refractivity contribution in [1.82, 2.24) is 4.90 Å². The van der Waals surface area contributed by atoms with Crippen LogP contribution in [-0.2, 0) is 19.1 Å². The Kier molecular flexibility index (Phi) is 5.79. The average molecular weight is 374 g/mol. The van der Waals surface area contributed by atoms with Gasteiger partial charge in [-0.1, -0.05) is 12.1 Å². The molecule has 1 N–H and O–H groups in total. The number of ether oxygens (including phenoxy) is 1. The highest BCUT2D eigenvalue weighted by molar-refractivity contribution is 6.01. The van der Waals surface area contributed by atoms with Crippen LogP contribution in [0.5, 0.6) is 0 Å². The van der Waals surface area contributed by atoms with Crippen molar-refractivity contribution >= 4 is 23.5 Å². The first-order valence-corrected chi connectivity index (χ1v) is 9.35. The van der Waals surface area contributed by atoms with Gasteiger partial charge in [0.05, 0.1) is 5.92 Å². The van der Waals surface area contributed by atoms with E-state index in [2.05, 4.69) is 0 Å². The molecule has 0 bridgehead atoms. The Hall–Kier alpha value is -2.41. The number of carboxylic acid groups (broad SMARTS) is 1. The van der Waals surface area contributed by atoms with Crippen LogP contribution >= 0.6 is 0 Å². The number of hydrogen-bond donors (Lipinski definition) is 1. The summed E-state index contributed by atoms with van der Waals surface area (Å²) in [6.07, 6.45) is 1.37. The minimum absolute atomic E-state index is 0.0932. The van der Waals surface area contributed by atoms with Gasteiger partial charge in [0.15, 0.2) is 0 Å². The summed E-state index contributed by atoms with van der Waals surface area (Å²) in [6, 6.07) is 5.63. The van der Waals surface area contributed by atoms with Gasteiger partial charge in [0.2, 0.25) is 11.8 Å². The van der Waals surface area contributed by atoms with Crippen molar-refractivity contribution in [2.24, 2.45) is 5.92 Å². The molecule has 2 amide bonds. The third-order valence-electron chi connectivity index (χ3n) is 5.56. The minimum Gasteiger partial charge on any atom is -0.480 e. The molecule has 0 aliphatic carbocycles. The summed E-state index contributed by atoms with van der Waals surface area (Å²) < 4.78 is 5.33. The second-order valence-corrected chi connectivity index (χ2v) is 7.33. The highest BCUT2D eigenvalue weighted by Gasteiger charge is 2.40. The molecule has 0 aromatic heterocycles. The number of aryl methyl sites for hydroxylation is 1. The molecule has 2 heterocycles. The van der Waals surface area contributed by atoms with Crippen LogP contribution < -0.4 is 4.90 Å². The van der Waals surface area contributed by atoms with E-state index in [9.17, 15) is 19.5 Å². The van der Waals surface area contributed by atoms with Crippen LogP contribution in [0.15, 0.2) is 18.2 Å². The minimum atomic E-state index is -1.04. The molecule has 0 radical (unpaired) electrons. The van der Waals surface area contributed by atoms with Crippen LogP contribution in [-0.4, -0.2) is 60.1 Å². The molecule has 3 rings (SSSR count). The van der Waals surface area contributed by atoms with Gasteiger partial charge in [-0.25, -0.2) is 0 Å². The van der Waals surface area contributed by atoms with Crippen LogP contribution in [0.1, 0.15) is 30.4 Å². The fourth-order valence-electron chi connectivity index (χ4n) is 3.90. The third-order valence-corrected chi connectivity index (χ3v) is 5.56. The Morgan fingerprint density at radius 1 is 1.26 bits per heavy atom. The molecule has 27 heavy (non-hydrogen) atoms. The van der Waals surface area contributed by atoms with E-state index >= 15 is 0 Å². The molecule has 2 aliphatic heterocycles. The summed E-state index contributed by atoms with van der Waals surface area (Å²) in [7, 11) is 0. The molecule has 2 fully saturated rings. The number of hydrogen-bond acceptors (Lipinski definition) is 4. The molecule has 1 atom stereocenters. The monoisotopic (exact) mass is 374 g/mol. The maximum absolute atomic E-state index is 13.1. The summed E-state index contributed by atoms with van der Waals surface area (Å²) >= 11 is 0. The molecule has 1 aromatic carbocycles. The lowest BCUT2D eigenvalue weighted by Gasteiger charge is -2.34. The van der Waals surface area contributed by atoms with Gasteiger partial charge in [-0.2, -0.15) is 0 Å². The lowest BCUT2D eigenvalue weighted by atomic mass is 10.0. The first kappa shape index (κ1) is 19.4. The van der Waals surface area contributed by atoms with Gasteiger partial charge < -0.3 is 19.6 Å². The fraction of sp³-hybridized carbons (Fsp3) is 0.550. The van der Waals surface area contributed by atoms with Crippen molar-refractivity contribution in [3.05, 3.63) is 29.3 Å². The number of aliphatic carboxylic acids is 1. The zero-order valence-corrected chi connectivity index (χ0v) is 15.8. The van der Waals surface area contributed by atoms with Gasteiger partial charge in [-0.05, 0) is 43.9 Å². The van der Waals surface area contributed by atoms with E-state index in [0.717, 1.165) is 16.8 Å². The maximum Gasteiger partial charge on any atom is 0.323 e. The second-order valence-electron chi connectivity index (χ2n) is 7.33. The zero-order chi connectivity index (χ0) is 19.6. The number of nitrogens with zero attached hydrogens (tertiary/aromatic N) is 2. The van der Waals surface area contributed by atoms with Crippen LogP contribution in [0.4, 0.5) is 5.69 Å². The fourth-order valence-corrected chi connectivity index (χ4v) is 3.90. The number of rotatable bonds is 5. The predicted octanol–water partition coefficient (Wildman–Crippen LogP) is 1.75. The van der Waals surface area contributed by atoms with Crippen molar-refractivity contribution < 1.29 is 24.2 Å². The van der Waals surface area contributed by atoms with Crippen molar-refractivity contribution in [1.29, 1.82) is 0 Å². The smallest absolute Gasteiger partial charge is 0.323 e. The van der Waals surface area contributed by atoms with Crippen LogP contribution in [0, 0.1) is 19.8 Å². The SMILES string of the molecule is Cc1cccc(N2CC(C(=O)N(CC(=O)O)C3CCOCC3)CC2=O)c1C. The molecule has 2 saturated heterocycles. The Balaban J connectivity index is 1.78. The highest BCUT2D eigenvalue weighted by atomic mass is 16.5. The number of anilines is 1. The quantitative estimate of drug-likeness (QED) is 0.848. The van der Waals surface area contributed by atoms with E-state index in [4.69, 9.17) is 4.74 Å². The van der Waals surface area contributed by atoms with Gasteiger partial charge >= 0.3 is 5.97 Å². The molecule has 1 aromatic rings. The van der Waals surface area contributed by atoms with E-state index < -0.39 is 11.9 Å². The highest BCUT2D eigenvalue weighted by Crippen LogP contribution is 2.31. The molecule has 146 valence electrons. The summed E-state index contributed by atoms with van der Waals surface area (Å²) in [4.78, 5) is 40.1. The molecule has 7 nitrogen and oxygen atoms in total. The lowest BCUT2D eigenvalue weighted by Crippen LogP contribution is -2.48. The number of carbonyl (C=O) groups is 3. The Morgan fingerprint density at radius 3 is 2.63 bits per heavy atom. The second kappa shape index (κ2) is 8.08. The number of benzene rings is 1.